The van der Waals surface area contributed by atoms with Crippen LogP contribution in [-0.2, 0) is 0 Å². The van der Waals surface area contributed by atoms with Crippen molar-refractivity contribution in [2.75, 3.05) is 24.6 Å². The maximum absolute atomic E-state index is 4.63. The molecule has 1 N–H and O–H groups in total. The number of hydrogen-bond acceptors (Lipinski definition) is 2. The van der Waals surface area contributed by atoms with Crippen molar-refractivity contribution in [3.63, 3.8) is 0 Å². The summed E-state index contributed by atoms with van der Waals surface area (Å²) in [5.41, 5.74) is 1.37. The Morgan fingerprint density at radius 2 is 1.18 bits per heavy atom. The number of nitrogens with one attached hydrogen (secondary N) is 1. The zero-order valence-corrected chi connectivity index (χ0v) is 16.3. The molecule has 0 spiro atoms. The molecule has 0 unspecified atom stereocenters. The summed E-state index contributed by atoms with van der Waals surface area (Å²) in [4.78, 5) is 0. The summed E-state index contributed by atoms with van der Waals surface area (Å²) in [7, 11) is 0. The summed E-state index contributed by atoms with van der Waals surface area (Å²) in [6, 6.07) is 0. The van der Waals surface area contributed by atoms with Gasteiger partial charge in [0, 0.05) is 0 Å². The van der Waals surface area contributed by atoms with E-state index in [-0.39, 0.29) is 0 Å². The second-order valence-corrected chi connectivity index (χ2v) is 13.3. The third-order valence-electron chi connectivity index (χ3n) is 5.44. The molecule has 4 heteroatoms. The van der Waals surface area contributed by atoms with Gasteiger partial charge in [-0.25, -0.2) is 0 Å². The Kier molecular flexibility index (Phi) is 8.61. The van der Waals surface area contributed by atoms with Crippen LogP contribution in [0.1, 0.15) is 79.1 Å². The van der Waals surface area contributed by atoms with Gasteiger partial charge in [-0.15, -0.1) is 0 Å². The summed E-state index contributed by atoms with van der Waals surface area (Å²) in [5.74, 6) is 0. The summed E-state index contributed by atoms with van der Waals surface area (Å²) < 4.78 is 0. The van der Waals surface area contributed by atoms with Crippen LogP contribution in [-0.4, -0.2) is 40.1 Å². The van der Waals surface area contributed by atoms with Gasteiger partial charge in [-0.3, -0.25) is 0 Å². The molecule has 1 aromatic heterocycles. The average molecular weight is 327 g/mol. The van der Waals surface area contributed by atoms with E-state index < -0.39 is 6.60 Å². The topological polar surface area (TPSA) is 41.6 Å². The van der Waals surface area contributed by atoms with E-state index in [1.54, 1.807) is 0 Å². The van der Waals surface area contributed by atoms with Gasteiger partial charge in [-0.1, -0.05) is 0 Å². The van der Waals surface area contributed by atoms with E-state index in [0.29, 0.717) is 0 Å². The van der Waals surface area contributed by atoms with Gasteiger partial charge in [0.25, 0.3) is 0 Å². The predicted molar refractivity (Wildman–Crippen MR) is 102 cm³/mol. The molecular formula is C18H38N3P. The molecule has 1 aromatic rings. The second-order valence-electron chi connectivity index (χ2n) is 7.11. The Bertz CT molecular complexity index is 346. The minimum absolute atomic E-state index is 1.29. The SMILES string of the molecule is CCCCP(CCCC)(CCCC)(CCCC)c1c[nH]nn1. The number of nitrogens with zero attached hydrogens (tertiary/aromatic N) is 2. The maximum atomic E-state index is 4.63. The third kappa shape index (κ3) is 4.54. The molecule has 0 saturated carbocycles. The van der Waals surface area contributed by atoms with Crippen molar-refractivity contribution in [2.24, 2.45) is 0 Å². The van der Waals surface area contributed by atoms with Crippen molar-refractivity contribution in [1.82, 2.24) is 15.4 Å². The van der Waals surface area contributed by atoms with Crippen LogP contribution in [0.2, 0.25) is 0 Å². The van der Waals surface area contributed by atoms with Crippen molar-refractivity contribution < 1.29 is 0 Å². The average Bonchev–Trinajstić information content (AvgIpc) is 3.10. The molecule has 0 aliphatic rings. The van der Waals surface area contributed by atoms with Gasteiger partial charge in [0.2, 0.25) is 0 Å². The van der Waals surface area contributed by atoms with Crippen LogP contribution >= 0.6 is 6.60 Å². The Morgan fingerprint density at radius 3 is 1.45 bits per heavy atom. The van der Waals surface area contributed by atoms with Crippen LogP contribution in [0.5, 0.6) is 0 Å². The third-order valence-corrected chi connectivity index (χ3v) is 12.9. The van der Waals surface area contributed by atoms with Crippen LogP contribution in [0.25, 0.3) is 0 Å². The number of aromatic nitrogens is 3. The van der Waals surface area contributed by atoms with Crippen molar-refractivity contribution in [3.8, 4) is 0 Å². The van der Waals surface area contributed by atoms with Gasteiger partial charge in [-0.05, 0) is 0 Å². The fourth-order valence-electron chi connectivity index (χ4n) is 3.92. The normalized spacial score (nSPS) is 13.9. The summed E-state index contributed by atoms with van der Waals surface area (Å²) in [6.07, 6.45) is 18.3. The quantitative estimate of drug-likeness (QED) is 0.507. The van der Waals surface area contributed by atoms with Crippen LogP contribution in [0.4, 0.5) is 0 Å². The first-order valence-electron chi connectivity index (χ1n) is 9.54. The van der Waals surface area contributed by atoms with Gasteiger partial charge in [0.15, 0.2) is 0 Å². The van der Waals surface area contributed by atoms with Crippen LogP contribution in [0.3, 0.4) is 0 Å². The van der Waals surface area contributed by atoms with Crippen molar-refractivity contribution in [3.05, 3.63) is 6.20 Å². The molecule has 0 bridgehead atoms. The summed E-state index contributed by atoms with van der Waals surface area (Å²) in [5, 5.41) is 11.8. The first kappa shape index (κ1) is 19.6. The molecule has 3 nitrogen and oxygen atoms in total. The van der Waals surface area contributed by atoms with E-state index in [1.807, 2.05) is 0 Å². The van der Waals surface area contributed by atoms with Gasteiger partial charge in [-0.2, -0.15) is 0 Å². The van der Waals surface area contributed by atoms with Crippen LogP contribution in [0.15, 0.2) is 6.20 Å². The molecule has 1 rings (SSSR count). The zero-order valence-electron chi connectivity index (χ0n) is 15.4. The fraction of sp³-hybridized carbons (Fsp3) is 0.889. The van der Waals surface area contributed by atoms with Gasteiger partial charge in [0.05, 0.1) is 0 Å². The van der Waals surface area contributed by atoms with Crippen LogP contribution < -0.4 is 5.44 Å². The molecule has 0 aromatic carbocycles. The van der Waals surface area contributed by atoms with Crippen molar-refractivity contribution in [1.29, 1.82) is 0 Å². The van der Waals surface area contributed by atoms with E-state index in [2.05, 4.69) is 49.3 Å². The number of rotatable bonds is 13. The molecule has 0 saturated heterocycles. The van der Waals surface area contributed by atoms with Gasteiger partial charge >= 0.3 is 137 Å². The molecule has 130 valence electrons. The number of unbranched alkanes of at least 4 members (excludes halogenated alkanes) is 4. The molecule has 0 atom stereocenters. The van der Waals surface area contributed by atoms with Crippen molar-refractivity contribution >= 4 is 12.0 Å². The summed E-state index contributed by atoms with van der Waals surface area (Å²) in [6.45, 7) is 7.36. The van der Waals surface area contributed by atoms with Gasteiger partial charge in [0.1, 0.15) is 0 Å². The molecule has 0 fully saturated rings. The van der Waals surface area contributed by atoms with E-state index in [1.165, 1.54) is 81.4 Å². The van der Waals surface area contributed by atoms with E-state index in [9.17, 15) is 0 Å². The standard InChI is InChI=1S/C18H38N3P/c1-5-9-13-22(14-10-6-2,15-11-7-3,16-12-8-4)18-17-19-21-20-18/h17H,5-16H2,1-4H3,(H,19,20,21). The van der Waals surface area contributed by atoms with E-state index >= 15 is 0 Å². The Morgan fingerprint density at radius 1 is 0.773 bits per heavy atom. The van der Waals surface area contributed by atoms with E-state index in [4.69, 9.17) is 0 Å². The number of H-pyrrole nitrogens is 1. The molecule has 0 aliphatic heterocycles. The first-order chi connectivity index (χ1) is 10.7. The molecular weight excluding hydrogens is 289 g/mol. The number of aromatic amines is 1. The molecule has 22 heavy (non-hydrogen) atoms. The fourth-order valence-corrected chi connectivity index (χ4v) is 11.5. The Hall–Kier alpha value is -0.430. The molecule has 0 amide bonds. The monoisotopic (exact) mass is 327 g/mol. The Labute approximate surface area is 138 Å². The molecule has 0 aliphatic carbocycles. The molecule has 1 heterocycles. The van der Waals surface area contributed by atoms with Gasteiger partial charge < -0.3 is 0 Å². The molecule has 0 radical (unpaired) electrons. The second kappa shape index (κ2) is 9.65. The van der Waals surface area contributed by atoms with Crippen LogP contribution in [0, 0.1) is 0 Å². The Balaban J connectivity index is 3.28. The summed E-state index contributed by atoms with van der Waals surface area (Å²) >= 11 is 0. The van der Waals surface area contributed by atoms with E-state index in [0.717, 1.165) is 0 Å². The predicted octanol–water partition coefficient (Wildman–Crippen LogP) is 5.18. The zero-order chi connectivity index (χ0) is 16.3. The van der Waals surface area contributed by atoms with Crippen molar-refractivity contribution in [2.45, 2.75) is 79.1 Å². The number of hydrogen-bond donors (Lipinski definition) is 1. The minimum atomic E-state index is -1.95. The first-order valence-corrected chi connectivity index (χ1v) is 12.5.